The van der Waals surface area contributed by atoms with Gasteiger partial charge in [0.05, 0.1) is 0 Å². The summed E-state index contributed by atoms with van der Waals surface area (Å²) in [7, 11) is 0. The monoisotopic (exact) mass is 340 g/mol. The first-order valence-corrected chi connectivity index (χ1v) is 8.67. The predicted octanol–water partition coefficient (Wildman–Crippen LogP) is 3.39. The van der Waals surface area contributed by atoms with E-state index in [4.69, 9.17) is 0 Å². The smallest absolute Gasteiger partial charge is 0.258 e. The van der Waals surface area contributed by atoms with E-state index in [0.717, 1.165) is 13.0 Å². The number of hydrogen-bond acceptors (Lipinski definition) is 3. The third-order valence-electron chi connectivity index (χ3n) is 4.34. The zero-order valence-corrected chi connectivity index (χ0v) is 14.8. The molecule has 2 aromatic rings. The Hall–Kier alpha value is -2.63. The number of amides is 2. The van der Waals surface area contributed by atoms with E-state index in [-0.39, 0.29) is 17.7 Å². The van der Waals surface area contributed by atoms with Crippen molar-refractivity contribution in [3.63, 3.8) is 0 Å². The molecule has 1 aromatic carbocycles. The van der Waals surface area contributed by atoms with Gasteiger partial charge in [0.1, 0.15) is 0 Å². The Balaban J connectivity index is 1.67. The van der Waals surface area contributed by atoms with Crippen molar-refractivity contribution < 1.29 is 9.59 Å². The average molecular weight is 340 g/mol. The minimum Gasteiger partial charge on any atom is -0.326 e. The summed E-state index contributed by atoms with van der Waals surface area (Å²) in [5.41, 5.74) is 1.13. The Morgan fingerprint density at radius 3 is 2.76 bits per heavy atom. The van der Waals surface area contributed by atoms with E-state index in [9.17, 15) is 9.59 Å². The highest BCUT2D eigenvalue weighted by Gasteiger charge is 2.39. The Morgan fingerprint density at radius 1 is 1.32 bits per heavy atom. The van der Waals surface area contributed by atoms with E-state index in [2.05, 4.69) is 36.4 Å². The van der Waals surface area contributed by atoms with Crippen LogP contribution in [0.25, 0.3) is 0 Å². The van der Waals surface area contributed by atoms with Gasteiger partial charge in [-0.2, -0.15) is 0 Å². The first-order chi connectivity index (χ1) is 11.9. The van der Waals surface area contributed by atoms with E-state index in [1.54, 1.807) is 30.5 Å². The first-order valence-electron chi connectivity index (χ1n) is 8.67. The highest BCUT2D eigenvalue weighted by molar-refractivity contribution is 6.04. The molecule has 1 heterocycles. The molecule has 1 saturated carbocycles. The molecule has 6 heteroatoms. The normalized spacial score (nSPS) is 18.9. The van der Waals surface area contributed by atoms with Crippen LogP contribution in [0.2, 0.25) is 0 Å². The quantitative estimate of drug-likeness (QED) is 0.846. The molecular weight excluding hydrogens is 316 g/mol. The number of nitrogens with zero attached hydrogens (tertiary/aromatic N) is 2. The maximum Gasteiger partial charge on any atom is 0.258 e. The van der Waals surface area contributed by atoms with Crippen molar-refractivity contribution in [3.8, 4) is 0 Å². The van der Waals surface area contributed by atoms with Crippen molar-refractivity contribution in [2.24, 2.45) is 17.8 Å². The number of carbonyl (C=O) groups is 2. The summed E-state index contributed by atoms with van der Waals surface area (Å²) >= 11 is 0. The van der Waals surface area contributed by atoms with Gasteiger partial charge in [0.25, 0.3) is 5.91 Å². The number of hydrogen-bond donors (Lipinski definition) is 2. The number of carbonyl (C=O) groups excluding carboxylic acids is 2. The minimum absolute atomic E-state index is 0.0255. The summed E-state index contributed by atoms with van der Waals surface area (Å²) in [6.45, 7) is 7.07. The van der Waals surface area contributed by atoms with Crippen LogP contribution in [0.1, 0.15) is 37.6 Å². The molecule has 6 nitrogen and oxygen atoms in total. The third kappa shape index (κ3) is 4.26. The van der Waals surface area contributed by atoms with Gasteiger partial charge in [-0.3, -0.25) is 14.9 Å². The van der Waals surface area contributed by atoms with Crippen LogP contribution < -0.4 is 10.6 Å². The molecule has 0 spiro atoms. The summed E-state index contributed by atoms with van der Waals surface area (Å²) < 4.78 is 1.92. The molecule has 2 amide bonds. The van der Waals surface area contributed by atoms with Gasteiger partial charge in [-0.15, -0.1) is 0 Å². The van der Waals surface area contributed by atoms with Gasteiger partial charge in [-0.1, -0.05) is 26.8 Å². The summed E-state index contributed by atoms with van der Waals surface area (Å²) in [4.78, 5) is 28.8. The number of anilines is 2. The highest BCUT2D eigenvalue weighted by atomic mass is 16.2. The van der Waals surface area contributed by atoms with Gasteiger partial charge >= 0.3 is 0 Å². The largest absolute Gasteiger partial charge is 0.326 e. The average Bonchev–Trinajstić information content (AvgIpc) is 3.15. The van der Waals surface area contributed by atoms with Crippen LogP contribution in [0.5, 0.6) is 0 Å². The standard InChI is InChI=1S/C19H24N4O2/c1-12(2)11-23-8-7-20-19(23)22-17(24)14-5-4-6-15(10-14)21-18(25)16-9-13(16)3/h4-8,10,12-13,16H,9,11H2,1-3H3,(H,21,25)(H,20,22,24). The van der Waals surface area contributed by atoms with Crippen LogP contribution in [0.3, 0.4) is 0 Å². The molecule has 3 rings (SSSR count). The summed E-state index contributed by atoms with van der Waals surface area (Å²) in [5, 5.41) is 5.72. The summed E-state index contributed by atoms with van der Waals surface area (Å²) in [5.74, 6) is 1.31. The Kier molecular flexibility index (Phi) is 4.88. The molecule has 0 aliphatic heterocycles. The van der Waals surface area contributed by atoms with Crippen molar-refractivity contribution in [2.75, 3.05) is 10.6 Å². The van der Waals surface area contributed by atoms with Crippen molar-refractivity contribution in [1.82, 2.24) is 9.55 Å². The maximum absolute atomic E-state index is 12.5. The molecule has 1 fully saturated rings. The van der Waals surface area contributed by atoms with Crippen LogP contribution in [0.15, 0.2) is 36.7 Å². The Labute approximate surface area is 147 Å². The second-order valence-corrected chi connectivity index (χ2v) is 7.14. The SMILES string of the molecule is CC(C)Cn1ccnc1NC(=O)c1cccc(NC(=O)C2CC2C)c1. The molecule has 132 valence electrons. The molecule has 1 aliphatic carbocycles. The molecule has 0 bridgehead atoms. The second kappa shape index (κ2) is 7.09. The van der Waals surface area contributed by atoms with E-state index in [1.807, 2.05) is 10.8 Å². The van der Waals surface area contributed by atoms with Gasteiger partial charge in [-0.25, -0.2) is 4.98 Å². The van der Waals surface area contributed by atoms with E-state index < -0.39 is 0 Å². The van der Waals surface area contributed by atoms with Gasteiger partial charge in [0, 0.05) is 36.1 Å². The fourth-order valence-electron chi connectivity index (χ4n) is 2.81. The summed E-state index contributed by atoms with van der Waals surface area (Å²) in [6, 6.07) is 6.97. The second-order valence-electron chi connectivity index (χ2n) is 7.14. The lowest BCUT2D eigenvalue weighted by Crippen LogP contribution is -2.18. The molecule has 2 atom stereocenters. The lowest BCUT2D eigenvalue weighted by atomic mass is 10.2. The molecule has 25 heavy (non-hydrogen) atoms. The molecule has 2 N–H and O–H groups in total. The van der Waals surface area contributed by atoms with Crippen molar-refractivity contribution in [3.05, 3.63) is 42.2 Å². The van der Waals surface area contributed by atoms with Crippen molar-refractivity contribution >= 4 is 23.5 Å². The van der Waals surface area contributed by atoms with Crippen molar-refractivity contribution in [2.45, 2.75) is 33.7 Å². The maximum atomic E-state index is 12.5. The Morgan fingerprint density at radius 2 is 2.08 bits per heavy atom. The fourth-order valence-corrected chi connectivity index (χ4v) is 2.81. The predicted molar refractivity (Wildman–Crippen MR) is 97.4 cm³/mol. The lowest BCUT2D eigenvalue weighted by molar-refractivity contribution is -0.117. The zero-order valence-electron chi connectivity index (χ0n) is 14.8. The third-order valence-corrected chi connectivity index (χ3v) is 4.34. The summed E-state index contributed by atoms with van der Waals surface area (Å²) in [6.07, 6.45) is 4.46. The number of aromatic nitrogens is 2. The van der Waals surface area contributed by atoms with E-state index in [1.165, 1.54) is 0 Å². The van der Waals surface area contributed by atoms with E-state index in [0.29, 0.717) is 29.0 Å². The molecule has 1 aromatic heterocycles. The lowest BCUT2D eigenvalue weighted by Gasteiger charge is -2.11. The van der Waals surface area contributed by atoms with Crippen molar-refractivity contribution in [1.29, 1.82) is 0 Å². The van der Waals surface area contributed by atoms with Crippen LogP contribution in [0, 0.1) is 17.8 Å². The van der Waals surface area contributed by atoms with Gasteiger partial charge in [0.15, 0.2) is 0 Å². The van der Waals surface area contributed by atoms with Crippen LogP contribution in [-0.4, -0.2) is 21.4 Å². The van der Waals surface area contributed by atoms with Gasteiger partial charge in [-0.05, 0) is 36.5 Å². The molecular formula is C19H24N4O2. The van der Waals surface area contributed by atoms with Gasteiger partial charge in [0.2, 0.25) is 11.9 Å². The number of nitrogens with one attached hydrogen (secondary N) is 2. The molecule has 2 unspecified atom stereocenters. The minimum atomic E-state index is -0.243. The van der Waals surface area contributed by atoms with Crippen LogP contribution >= 0.6 is 0 Å². The molecule has 0 radical (unpaired) electrons. The number of imidazole rings is 1. The van der Waals surface area contributed by atoms with E-state index >= 15 is 0 Å². The fraction of sp³-hybridized carbons (Fsp3) is 0.421. The zero-order chi connectivity index (χ0) is 18.0. The number of rotatable bonds is 6. The Bertz CT molecular complexity index is 781. The number of benzene rings is 1. The van der Waals surface area contributed by atoms with Crippen LogP contribution in [-0.2, 0) is 11.3 Å². The molecule has 0 saturated heterocycles. The van der Waals surface area contributed by atoms with Crippen LogP contribution in [0.4, 0.5) is 11.6 Å². The first kappa shape index (κ1) is 17.2. The highest BCUT2D eigenvalue weighted by Crippen LogP contribution is 2.38. The molecule has 1 aliphatic rings. The van der Waals surface area contributed by atoms with Gasteiger partial charge < -0.3 is 9.88 Å². The topological polar surface area (TPSA) is 76.0 Å².